The Hall–Kier alpha value is -2.30. The smallest absolute Gasteiger partial charge is 0.193 e. The molecule has 2 aromatic rings. The van der Waals surface area contributed by atoms with E-state index in [-0.39, 0.29) is 0 Å². The Kier molecular flexibility index (Phi) is 4.76. The summed E-state index contributed by atoms with van der Waals surface area (Å²) in [7, 11) is 0. The van der Waals surface area contributed by atoms with Crippen LogP contribution < -0.4 is 11.1 Å². The Balaban J connectivity index is 1.83. The number of benzene rings is 1. The van der Waals surface area contributed by atoms with Crippen LogP contribution in [0.4, 0.5) is 5.69 Å². The molecule has 0 radical (unpaired) electrons. The minimum Gasteiger partial charge on any atom is -0.370 e. The van der Waals surface area contributed by atoms with Gasteiger partial charge in [0.05, 0.1) is 19.3 Å². The minimum absolute atomic E-state index is 0.429. The molecule has 0 aliphatic rings. The SMILES string of the molecule is CCc1ccc(NC(N)=NCCn2cc(C)cn2)cc1. The molecule has 0 unspecified atom stereocenters. The molecule has 0 aliphatic heterocycles. The van der Waals surface area contributed by atoms with Gasteiger partial charge in [0.1, 0.15) is 0 Å². The van der Waals surface area contributed by atoms with Gasteiger partial charge in [-0.05, 0) is 36.6 Å². The monoisotopic (exact) mass is 271 g/mol. The van der Waals surface area contributed by atoms with Gasteiger partial charge in [-0.3, -0.25) is 9.67 Å². The summed E-state index contributed by atoms with van der Waals surface area (Å²) in [5.41, 5.74) is 9.27. The first-order valence-electron chi connectivity index (χ1n) is 6.82. The zero-order valence-corrected chi connectivity index (χ0v) is 12.0. The number of aromatic nitrogens is 2. The molecule has 1 aromatic heterocycles. The van der Waals surface area contributed by atoms with Crippen molar-refractivity contribution in [2.24, 2.45) is 10.7 Å². The molecule has 106 valence electrons. The third kappa shape index (κ3) is 4.12. The van der Waals surface area contributed by atoms with E-state index in [2.05, 4.69) is 34.5 Å². The number of aliphatic imine (C=N–C) groups is 1. The standard InChI is InChI=1S/C15H21N5/c1-3-13-4-6-14(7-5-13)19-15(16)17-8-9-20-11-12(2)10-18-20/h4-7,10-11H,3,8-9H2,1-2H3,(H3,16,17,19). The lowest BCUT2D eigenvalue weighted by atomic mass is 10.1. The minimum atomic E-state index is 0.429. The number of rotatable bonds is 5. The number of nitrogens with two attached hydrogens (primary N) is 1. The molecule has 1 aromatic carbocycles. The number of nitrogens with one attached hydrogen (secondary N) is 1. The first-order valence-corrected chi connectivity index (χ1v) is 6.82. The molecular weight excluding hydrogens is 250 g/mol. The van der Waals surface area contributed by atoms with E-state index in [0.717, 1.165) is 24.2 Å². The van der Waals surface area contributed by atoms with Crippen molar-refractivity contribution >= 4 is 11.6 Å². The summed E-state index contributed by atoms with van der Waals surface area (Å²) in [5.74, 6) is 0.429. The van der Waals surface area contributed by atoms with E-state index in [0.29, 0.717) is 12.5 Å². The first kappa shape index (κ1) is 14.1. The second-order valence-electron chi connectivity index (χ2n) is 4.72. The molecule has 0 amide bonds. The van der Waals surface area contributed by atoms with Crippen LogP contribution in [0.15, 0.2) is 41.7 Å². The van der Waals surface area contributed by atoms with Crippen LogP contribution in [-0.2, 0) is 13.0 Å². The fourth-order valence-corrected chi connectivity index (χ4v) is 1.87. The summed E-state index contributed by atoms with van der Waals surface area (Å²) in [6.07, 6.45) is 4.86. The Morgan fingerprint density at radius 1 is 1.35 bits per heavy atom. The summed E-state index contributed by atoms with van der Waals surface area (Å²) >= 11 is 0. The molecule has 0 aliphatic carbocycles. The van der Waals surface area contributed by atoms with E-state index in [4.69, 9.17) is 5.73 Å². The second-order valence-corrected chi connectivity index (χ2v) is 4.72. The van der Waals surface area contributed by atoms with Crippen molar-refractivity contribution in [3.8, 4) is 0 Å². The molecule has 0 atom stereocenters. The van der Waals surface area contributed by atoms with Gasteiger partial charge in [0.2, 0.25) is 0 Å². The van der Waals surface area contributed by atoms with E-state index >= 15 is 0 Å². The normalized spacial score (nSPS) is 11.6. The van der Waals surface area contributed by atoms with E-state index in [1.165, 1.54) is 5.56 Å². The molecule has 0 saturated carbocycles. The predicted octanol–water partition coefficient (Wildman–Crippen LogP) is 2.18. The molecule has 5 heteroatoms. The molecule has 20 heavy (non-hydrogen) atoms. The van der Waals surface area contributed by atoms with Gasteiger partial charge in [0, 0.05) is 11.9 Å². The highest BCUT2D eigenvalue weighted by Gasteiger charge is 1.96. The molecule has 3 N–H and O–H groups in total. The topological polar surface area (TPSA) is 68.2 Å². The number of nitrogens with zero attached hydrogens (tertiary/aromatic N) is 3. The zero-order chi connectivity index (χ0) is 14.4. The van der Waals surface area contributed by atoms with Crippen molar-refractivity contribution in [2.45, 2.75) is 26.8 Å². The number of hydrogen-bond donors (Lipinski definition) is 2. The highest BCUT2D eigenvalue weighted by Crippen LogP contribution is 2.09. The molecule has 1 heterocycles. The fourth-order valence-electron chi connectivity index (χ4n) is 1.87. The van der Waals surface area contributed by atoms with Crippen LogP contribution in [0, 0.1) is 6.92 Å². The van der Waals surface area contributed by atoms with E-state index in [9.17, 15) is 0 Å². The van der Waals surface area contributed by atoms with Crippen LogP contribution in [0.25, 0.3) is 0 Å². The maximum atomic E-state index is 5.85. The van der Waals surface area contributed by atoms with Crippen molar-refractivity contribution in [1.29, 1.82) is 0 Å². The molecule has 0 bridgehead atoms. The van der Waals surface area contributed by atoms with Gasteiger partial charge in [-0.2, -0.15) is 5.10 Å². The van der Waals surface area contributed by atoms with E-state index < -0.39 is 0 Å². The maximum Gasteiger partial charge on any atom is 0.193 e. The highest BCUT2D eigenvalue weighted by atomic mass is 15.3. The third-order valence-electron chi connectivity index (χ3n) is 3.01. The van der Waals surface area contributed by atoms with Crippen LogP contribution in [0.3, 0.4) is 0 Å². The summed E-state index contributed by atoms with van der Waals surface area (Å²) in [4.78, 5) is 4.29. The van der Waals surface area contributed by atoms with Crippen molar-refractivity contribution in [1.82, 2.24) is 9.78 Å². The molecule has 2 rings (SSSR count). The van der Waals surface area contributed by atoms with Gasteiger partial charge >= 0.3 is 0 Å². The largest absolute Gasteiger partial charge is 0.370 e. The van der Waals surface area contributed by atoms with Gasteiger partial charge < -0.3 is 11.1 Å². The molecule has 0 saturated heterocycles. The number of guanidine groups is 1. The number of hydrogen-bond acceptors (Lipinski definition) is 2. The lowest BCUT2D eigenvalue weighted by Crippen LogP contribution is -2.23. The summed E-state index contributed by atoms with van der Waals surface area (Å²) in [6, 6.07) is 8.19. The van der Waals surface area contributed by atoms with Crippen LogP contribution >= 0.6 is 0 Å². The van der Waals surface area contributed by atoms with Crippen molar-refractivity contribution in [2.75, 3.05) is 11.9 Å². The average Bonchev–Trinajstić information content (AvgIpc) is 2.85. The Morgan fingerprint density at radius 3 is 2.70 bits per heavy atom. The fraction of sp³-hybridized carbons (Fsp3) is 0.333. The molecule has 5 nitrogen and oxygen atoms in total. The van der Waals surface area contributed by atoms with Gasteiger partial charge in [0.15, 0.2) is 5.96 Å². The highest BCUT2D eigenvalue weighted by molar-refractivity contribution is 5.92. The summed E-state index contributed by atoms with van der Waals surface area (Å²) in [6.45, 7) is 5.48. The van der Waals surface area contributed by atoms with Crippen molar-refractivity contribution in [3.63, 3.8) is 0 Å². The first-order chi connectivity index (χ1) is 9.67. The van der Waals surface area contributed by atoms with Crippen LogP contribution in [0.5, 0.6) is 0 Å². The maximum absolute atomic E-state index is 5.85. The summed E-state index contributed by atoms with van der Waals surface area (Å²) in [5, 5.41) is 7.28. The van der Waals surface area contributed by atoms with Crippen molar-refractivity contribution in [3.05, 3.63) is 47.8 Å². The lowest BCUT2D eigenvalue weighted by Gasteiger charge is -2.06. The van der Waals surface area contributed by atoms with E-state index in [1.54, 1.807) is 0 Å². The Morgan fingerprint density at radius 2 is 2.10 bits per heavy atom. The van der Waals surface area contributed by atoms with Gasteiger partial charge in [0.25, 0.3) is 0 Å². The zero-order valence-electron chi connectivity index (χ0n) is 12.0. The van der Waals surface area contributed by atoms with Gasteiger partial charge in [-0.1, -0.05) is 19.1 Å². The van der Waals surface area contributed by atoms with Gasteiger partial charge in [-0.15, -0.1) is 0 Å². The Labute approximate surface area is 119 Å². The van der Waals surface area contributed by atoms with Crippen LogP contribution in [0.2, 0.25) is 0 Å². The van der Waals surface area contributed by atoms with Gasteiger partial charge in [-0.25, -0.2) is 0 Å². The average molecular weight is 271 g/mol. The third-order valence-corrected chi connectivity index (χ3v) is 3.01. The quantitative estimate of drug-likeness (QED) is 0.647. The number of anilines is 1. The molecule has 0 fully saturated rings. The van der Waals surface area contributed by atoms with Crippen molar-refractivity contribution < 1.29 is 0 Å². The molecular formula is C15H21N5. The molecule has 0 spiro atoms. The van der Waals surface area contributed by atoms with Crippen LogP contribution in [-0.4, -0.2) is 22.3 Å². The summed E-state index contributed by atoms with van der Waals surface area (Å²) < 4.78 is 1.86. The number of aryl methyl sites for hydroxylation is 2. The van der Waals surface area contributed by atoms with Crippen LogP contribution in [0.1, 0.15) is 18.1 Å². The van der Waals surface area contributed by atoms with E-state index in [1.807, 2.05) is 36.1 Å². The predicted molar refractivity (Wildman–Crippen MR) is 82.9 cm³/mol. The Bertz CT molecular complexity index is 568. The second kappa shape index (κ2) is 6.75. The lowest BCUT2D eigenvalue weighted by molar-refractivity contribution is 0.625.